The van der Waals surface area contributed by atoms with Crippen LogP contribution in [0.15, 0.2) is 33.8 Å². The SMILES string of the molecule is CCOC(=O)[C@H](CC)/C(C)=N\NC(=O)c1cccc(Br)c1. The first-order chi connectivity index (χ1) is 9.99. The van der Waals surface area contributed by atoms with Crippen LogP contribution in [0.25, 0.3) is 0 Å². The van der Waals surface area contributed by atoms with Gasteiger partial charge < -0.3 is 4.74 Å². The van der Waals surface area contributed by atoms with Crippen molar-refractivity contribution in [1.29, 1.82) is 0 Å². The van der Waals surface area contributed by atoms with E-state index in [9.17, 15) is 9.59 Å². The number of halogens is 1. The Morgan fingerprint density at radius 1 is 1.38 bits per heavy atom. The third kappa shape index (κ3) is 5.30. The molecular formula is C15H19BrN2O3. The summed E-state index contributed by atoms with van der Waals surface area (Å²) in [6.45, 7) is 5.65. The molecule has 6 heteroatoms. The first kappa shape index (κ1) is 17.4. The second-order valence-corrected chi connectivity index (χ2v) is 5.33. The Kier molecular flexibility index (Phi) is 7.08. The molecule has 0 spiro atoms. The van der Waals surface area contributed by atoms with Crippen molar-refractivity contribution in [1.82, 2.24) is 5.43 Å². The normalized spacial score (nSPS) is 12.7. The van der Waals surface area contributed by atoms with Crippen molar-refractivity contribution in [3.8, 4) is 0 Å². The second-order valence-electron chi connectivity index (χ2n) is 4.42. The number of carbonyl (C=O) groups excluding carboxylic acids is 2. The van der Waals surface area contributed by atoms with Crippen LogP contribution in [0.4, 0.5) is 0 Å². The molecule has 0 aliphatic rings. The summed E-state index contributed by atoms with van der Waals surface area (Å²) in [5.74, 6) is -1.08. The van der Waals surface area contributed by atoms with Gasteiger partial charge in [0.05, 0.1) is 12.5 Å². The summed E-state index contributed by atoms with van der Waals surface area (Å²) in [6, 6.07) is 6.98. The van der Waals surface area contributed by atoms with Gasteiger partial charge in [0.15, 0.2) is 0 Å². The Morgan fingerprint density at radius 3 is 2.67 bits per heavy atom. The lowest BCUT2D eigenvalue weighted by atomic mass is 10.0. The van der Waals surface area contributed by atoms with Crippen LogP contribution in [0.2, 0.25) is 0 Å². The molecule has 0 saturated carbocycles. The maximum Gasteiger partial charge on any atom is 0.314 e. The first-order valence-corrected chi connectivity index (χ1v) is 7.55. The van der Waals surface area contributed by atoms with Gasteiger partial charge in [-0.2, -0.15) is 5.10 Å². The summed E-state index contributed by atoms with van der Waals surface area (Å²) in [6.07, 6.45) is 0.570. The first-order valence-electron chi connectivity index (χ1n) is 6.76. The van der Waals surface area contributed by atoms with E-state index >= 15 is 0 Å². The molecule has 1 atom stereocenters. The van der Waals surface area contributed by atoms with Gasteiger partial charge >= 0.3 is 5.97 Å². The predicted molar refractivity (Wildman–Crippen MR) is 85.1 cm³/mol. The minimum atomic E-state index is -0.437. The number of hydrogen-bond acceptors (Lipinski definition) is 4. The molecule has 0 aromatic heterocycles. The van der Waals surface area contributed by atoms with Crippen molar-refractivity contribution < 1.29 is 14.3 Å². The number of ether oxygens (including phenoxy) is 1. The van der Waals surface area contributed by atoms with Gasteiger partial charge in [0.25, 0.3) is 5.91 Å². The summed E-state index contributed by atoms with van der Waals surface area (Å²) in [5.41, 5.74) is 3.48. The molecule has 1 aromatic carbocycles. The summed E-state index contributed by atoms with van der Waals surface area (Å²) in [5, 5.41) is 4.01. The highest BCUT2D eigenvalue weighted by Crippen LogP contribution is 2.12. The smallest absolute Gasteiger partial charge is 0.314 e. The van der Waals surface area contributed by atoms with Crippen molar-refractivity contribution in [2.75, 3.05) is 6.61 Å². The maximum atomic E-state index is 12.0. The molecule has 0 radical (unpaired) electrons. The molecule has 0 saturated heterocycles. The molecule has 0 bridgehead atoms. The Bertz CT molecular complexity index is 543. The number of esters is 1. The zero-order valence-electron chi connectivity index (χ0n) is 12.4. The van der Waals surface area contributed by atoms with Gasteiger partial charge in [-0.15, -0.1) is 0 Å². The molecule has 0 heterocycles. The summed E-state index contributed by atoms with van der Waals surface area (Å²) in [4.78, 5) is 23.7. The fourth-order valence-corrected chi connectivity index (χ4v) is 2.19. The van der Waals surface area contributed by atoms with E-state index in [1.54, 1.807) is 32.0 Å². The van der Waals surface area contributed by atoms with Gasteiger partial charge in [-0.1, -0.05) is 28.9 Å². The van der Waals surface area contributed by atoms with E-state index in [2.05, 4.69) is 26.5 Å². The van der Waals surface area contributed by atoms with Crippen LogP contribution < -0.4 is 5.43 Å². The van der Waals surface area contributed by atoms with Crippen LogP contribution >= 0.6 is 15.9 Å². The molecule has 21 heavy (non-hydrogen) atoms. The van der Waals surface area contributed by atoms with Crippen molar-refractivity contribution >= 4 is 33.5 Å². The molecule has 0 fully saturated rings. The fraction of sp³-hybridized carbons (Fsp3) is 0.400. The molecule has 5 nitrogen and oxygen atoms in total. The van der Waals surface area contributed by atoms with Gasteiger partial charge in [-0.05, 0) is 38.5 Å². The van der Waals surface area contributed by atoms with E-state index in [0.717, 1.165) is 4.47 Å². The number of nitrogens with zero attached hydrogens (tertiary/aromatic N) is 1. The van der Waals surface area contributed by atoms with E-state index in [0.29, 0.717) is 24.3 Å². The number of benzene rings is 1. The Morgan fingerprint density at radius 2 is 2.10 bits per heavy atom. The van der Waals surface area contributed by atoms with Gasteiger partial charge in [0, 0.05) is 15.7 Å². The van der Waals surface area contributed by atoms with Crippen LogP contribution in [0.1, 0.15) is 37.6 Å². The fourth-order valence-electron chi connectivity index (χ4n) is 1.79. The molecule has 114 valence electrons. The van der Waals surface area contributed by atoms with E-state index in [1.807, 2.05) is 13.0 Å². The lowest BCUT2D eigenvalue weighted by Crippen LogP contribution is -2.27. The number of hydrogen-bond donors (Lipinski definition) is 1. The van der Waals surface area contributed by atoms with Crippen molar-refractivity contribution in [2.45, 2.75) is 27.2 Å². The van der Waals surface area contributed by atoms with E-state index < -0.39 is 5.92 Å². The lowest BCUT2D eigenvalue weighted by molar-refractivity contribution is -0.145. The molecule has 1 N–H and O–H groups in total. The van der Waals surface area contributed by atoms with E-state index in [1.165, 1.54) is 0 Å². The third-order valence-electron chi connectivity index (χ3n) is 2.90. The Balaban J connectivity index is 2.74. The second kappa shape index (κ2) is 8.56. The highest BCUT2D eigenvalue weighted by atomic mass is 79.9. The Labute approximate surface area is 132 Å². The molecule has 1 amide bonds. The van der Waals surface area contributed by atoms with Crippen LogP contribution in [-0.2, 0) is 9.53 Å². The highest BCUT2D eigenvalue weighted by Gasteiger charge is 2.21. The number of carbonyl (C=O) groups is 2. The van der Waals surface area contributed by atoms with E-state index in [-0.39, 0.29) is 11.9 Å². The van der Waals surface area contributed by atoms with Crippen LogP contribution in [0.5, 0.6) is 0 Å². The summed E-state index contributed by atoms with van der Waals surface area (Å²) < 4.78 is 5.80. The Hall–Kier alpha value is -1.69. The molecule has 1 aromatic rings. The van der Waals surface area contributed by atoms with Gasteiger partial charge in [0.1, 0.15) is 0 Å². The van der Waals surface area contributed by atoms with Gasteiger partial charge in [-0.3, -0.25) is 9.59 Å². The van der Waals surface area contributed by atoms with Gasteiger partial charge in [0.2, 0.25) is 0 Å². The summed E-state index contributed by atoms with van der Waals surface area (Å²) in [7, 11) is 0. The van der Waals surface area contributed by atoms with Crippen molar-refractivity contribution in [3.63, 3.8) is 0 Å². The molecule has 0 aliphatic heterocycles. The molecular weight excluding hydrogens is 336 g/mol. The zero-order chi connectivity index (χ0) is 15.8. The predicted octanol–water partition coefficient (Wildman–Crippen LogP) is 3.14. The number of amides is 1. The number of rotatable bonds is 6. The average Bonchev–Trinajstić information content (AvgIpc) is 2.45. The van der Waals surface area contributed by atoms with Crippen molar-refractivity contribution in [2.24, 2.45) is 11.0 Å². The highest BCUT2D eigenvalue weighted by molar-refractivity contribution is 9.10. The standard InChI is InChI=1S/C15H19BrN2O3/c1-4-13(15(20)21-5-2)10(3)17-18-14(19)11-7-6-8-12(16)9-11/h6-9,13H,4-5H2,1-3H3,(H,18,19)/b17-10-/t13-/m1/s1. The molecule has 0 aliphatic carbocycles. The van der Waals surface area contributed by atoms with Crippen LogP contribution in [-0.4, -0.2) is 24.2 Å². The minimum absolute atomic E-state index is 0.321. The molecule has 1 rings (SSSR count). The average molecular weight is 355 g/mol. The van der Waals surface area contributed by atoms with Crippen LogP contribution in [0, 0.1) is 5.92 Å². The molecule has 0 unspecified atom stereocenters. The topological polar surface area (TPSA) is 67.8 Å². The van der Waals surface area contributed by atoms with Crippen LogP contribution in [0.3, 0.4) is 0 Å². The van der Waals surface area contributed by atoms with E-state index in [4.69, 9.17) is 4.74 Å². The minimum Gasteiger partial charge on any atom is -0.465 e. The lowest BCUT2D eigenvalue weighted by Gasteiger charge is -2.13. The largest absolute Gasteiger partial charge is 0.465 e. The van der Waals surface area contributed by atoms with Gasteiger partial charge in [-0.25, -0.2) is 5.43 Å². The van der Waals surface area contributed by atoms with Crippen molar-refractivity contribution in [3.05, 3.63) is 34.3 Å². The zero-order valence-corrected chi connectivity index (χ0v) is 13.9. The summed E-state index contributed by atoms with van der Waals surface area (Å²) >= 11 is 3.30. The maximum absolute atomic E-state index is 12.0. The number of nitrogens with one attached hydrogen (secondary N) is 1. The number of hydrazone groups is 1. The monoisotopic (exact) mass is 354 g/mol. The third-order valence-corrected chi connectivity index (χ3v) is 3.40. The quantitative estimate of drug-likeness (QED) is 0.484.